The van der Waals surface area contributed by atoms with E-state index in [1.807, 2.05) is 0 Å². The predicted octanol–water partition coefficient (Wildman–Crippen LogP) is 4.78. The fraction of sp³-hybridized carbons (Fsp3) is 0.368. The van der Waals surface area contributed by atoms with Gasteiger partial charge in [0.25, 0.3) is 0 Å². The zero-order chi connectivity index (χ0) is 14.2. The van der Waals surface area contributed by atoms with Crippen LogP contribution in [0.15, 0.2) is 54.6 Å². The molecule has 0 radical (unpaired) electrons. The Kier molecular flexibility index (Phi) is 8.11. The van der Waals surface area contributed by atoms with Gasteiger partial charge in [-0.2, -0.15) is 0 Å². The van der Waals surface area contributed by atoms with E-state index in [0.29, 0.717) is 6.04 Å². The first-order valence-electron chi connectivity index (χ1n) is 7.63. The first-order valence-corrected chi connectivity index (χ1v) is 7.63. The van der Waals surface area contributed by atoms with Crippen LogP contribution in [0.5, 0.6) is 0 Å². The molecule has 2 aromatic rings. The van der Waals surface area contributed by atoms with Crippen molar-refractivity contribution < 1.29 is 0 Å². The molecule has 21 heavy (non-hydrogen) atoms. The van der Waals surface area contributed by atoms with Crippen molar-refractivity contribution in [2.24, 2.45) is 0 Å². The van der Waals surface area contributed by atoms with Crippen LogP contribution in [-0.4, -0.2) is 6.04 Å². The van der Waals surface area contributed by atoms with Gasteiger partial charge in [0, 0.05) is 12.6 Å². The lowest BCUT2D eigenvalue weighted by molar-refractivity contribution is 0.514. The minimum absolute atomic E-state index is 0. The molecule has 0 saturated carbocycles. The van der Waals surface area contributed by atoms with Crippen LogP contribution >= 0.6 is 12.4 Å². The number of hydrogen-bond acceptors (Lipinski definition) is 1. The van der Waals surface area contributed by atoms with E-state index in [1.165, 1.54) is 23.1 Å². The molecular formula is C19H26ClN. The topological polar surface area (TPSA) is 12.0 Å². The Balaban J connectivity index is 0.00000220. The van der Waals surface area contributed by atoms with Crippen LogP contribution in [-0.2, 0) is 19.4 Å². The molecule has 1 N–H and O–H groups in total. The quantitative estimate of drug-likeness (QED) is 0.776. The number of halogens is 1. The summed E-state index contributed by atoms with van der Waals surface area (Å²) in [5, 5.41) is 3.61. The molecular weight excluding hydrogens is 278 g/mol. The fourth-order valence-electron chi connectivity index (χ4n) is 2.31. The number of nitrogens with one attached hydrogen (secondary N) is 1. The standard InChI is InChI=1S/C19H25N.ClH/c1-3-17-11-13-19(14-12-17)15-20-16(2)9-10-18-7-5-4-6-8-18;/h4-8,11-14,16,20H,3,9-10,15H2,1-2H3;1H. The van der Waals surface area contributed by atoms with Crippen molar-refractivity contribution in [3.63, 3.8) is 0 Å². The van der Waals surface area contributed by atoms with Gasteiger partial charge in [0.05, 0.1) is 0 Å². The summed E-state index contributed by atoms with van der Waals surface area (Å²) in [4.78, 5) is 0. The highest BCUT2D eigenvalue weighted by Gasteiger charge is 2.02. The van der Waals surface area contributed by atoms with Crippen molar-refractivity contribution in [3.05, 3.63) is 71.3 Å². The molecule has 1 nitrogen and oxygen atoms in total. The number of hydrogen-bond donors (Lipinski definition) is 1. The van der Waals surface area contributed by atoms with Gasteiger partial charge in [-0.3, -0.25) is 0 Å². The number of aryl methyl sites for hydroxylation is 2. The summed E-state index contributed by atoms with van der Waals surface area (Å²) < 4.78 is 0. The molecule has 0 saturated heterocycles. The summed E-state index contributed by atoms with van der Waals surface area (Å²) in [5.74, 6) is 0. The molecule has 0 fully saturated rings. The van der Waals surface area contributed by atoms with E-state index in [1.54, 1.807) is 0 Å². The molecule has 2 rings (SSSR count). The van der Waals surface area contributed by atoms with E-state index in [2.05, 4.69) is 73.8 Å². The van der Waals surface area contributed by atoms with Gasteiger partial charge in [-0.15, -0.1) is 12.4 Å². The maximum absolute atomic E-state index is 3.61. The average Bonchev–Trinajstić information content (AvgIpc) is 2.52. The highest BCUT2D eigenvalue weighted by molar-refractivity contribution is 5.85. The van der Waals surface area contributed by atoms with Crippen LogP contribution in [0, 0.1) is 0 Å². The normalized spacial score (nSPS) is 11.7. The monoisotopic (exact) mass is 303 g/mol. The molecule has 114 valence electrons. The van der Waals surface area contributed by atoms with Crippen LogP contribution in [0.1, 0.15) is 37.0 Å². The number of rotatable bonds is 7. The maximum atomic E-state index is 3.61. The molecule has 0 aliphatic carbocycles. The molecule has 0 aliphatic rings. The average molecular weight is 304 g/mol. The Morgan fingerprint density at radius 3 is 2.10 bits per heavy atom. The van der Waals surface area contributed by atoms with Crippen LogP contribution in [0.3, 0.4) is 0 Å². The summed E-state index contributed by atoms with van der Waals surface area (Å²) in [7, 11) is 0. The van der Waals surface area contributed by atoms with Crippen molar-refractivity contribution in [2.45, 2.75) is 45.7 Å². The molecule has 0 bridgehead atoms. The molecule has 0 spiro atoms. The van der Waals surface area contributed by atoms with Crippen LogP contribution < -0.4 is 5.32 Å². The van der Waals surface area contributed by atoms with E-state index < -0.39 is 0 Å². The Bertz CT molecular complexity index is 493. The van der Waals surface area contributed by atoms with E-state index in [9.17, 15) is 0 Å². The van der Waals surface area contributed by atoms with Gasteiger partial charge in [0.1, 0.15) is 0 Å². The lowest BCUT2D eigenvalue weighted by atomic mass is 10.1. The highest BCUT2D eigenvalue weighted by Crippen LogP contribution is 2.07. The van der Waals surface area contributed by atoms with E-state index in [0.717, 1.165) is 19.4 Å². The lowest BCUT2D eigenvalue weighted by Crippen LogP contribution is -2.25. The van der Waals surface area contributed by atoms with Gasteiger partial charge in [-0.05, 0) is 42.9 Å². The van der Waals surface area contributed by atoms with Crippen molar-refractivity contribution >= 4 is 12.4 Å². The Morgan fingerprint density at radius 2 is 1.48 bits per heavy atom. The second-order valence-corrected chi connectivity index (χ2v) is 5.48. The predicted molar refractivity (Wildman–Crippen MR) is 94.1 cm³/mol. The van der Waals surface area contributed by atoms with E-state index in [-0.39, 0.29) is 12.4 Å². The van der Waals surface area contributed by atoms with E-state index in [4.69, 9.17) is 0 Å². The first kappa shape index (κ1) is 17.7. The summed E-state index contributed by atoms with van der Waals surface area (Å²) in [6.07, 6.45) is 3.43. The zero-order valence-electron chi connectivity index (χ0n) is 13.0. The molecule has 0 aliphatic heterocycles. The van der Waals surface area contributed by atoms with Gasteiger partial charge >= 0.3 is 0 Å². The molecule has 2 aromatic carbocycles. The Morgan fingerprint density at radius 1 is 0.857 bits per heavy atom. The summed E-state index contributed by atoms with van der Waals surface area (Å²) in [5.41, 5.74) is 4.20. The van der Waals surface area contributed by atoms with Crippen molar-refractivity contribution in [1.29, 1.82) is 0 Å². The van der Waals surface area contributed by atoms with Gasteiger partial charge in [0.15, 0.2) is 0 Å². The largest absolute Gasteiger partial charge is 0.310 e. The number of benzene rings is 2. The zero-order valence-corrected chi connectivity index (χ0v) is 13.8. The second kappa shape index (κ2) is 9.59. The molecule has 0 amide bonds. The molecule has 1 atom stereocenters. The van der Waals surface area contributed by atoms with Crippen LogP contribution in [0.4, 0.5) is 0 Å². The van der Waals surface area contributed by atoms with Crippen molar-refractivity contribution in [2.75, 3.05) is 0 Å². The van der Waals surface area contributed by atoms with Gasteiger partial charge in [-0.25, -0.2) is 0 Å². The summed E-state index contributed by atoms with van der Waals surface area (Å²) in [6, 6.07) is 20.2. The highest BCUT2D eigenvalue weighted by atomic mass is 35.5. The third-order valence-corrected chi connectivity index (χ3v) is 3.79. The van der Waals surface area contributed by atoms with Gasteiger partial charge in [-0.1, -0.05) is 61.5 Å². The lowest BCUT2D eigenvalue weighted by Gasteiger charge is -2.14. The minimum Gasteiger partial charge on any atom is -0.310 e. The van der Waals surface area contributed by atoms with Gasteiger partial charge < -0.3 is 5.32 Å². The molecule has 0 heterocycles. The summed E-state index contributed by atoms with van der Waals surface area (Å²) in [6.45, 7) is 5.42. The van der Waals surface area contributed by atoms with Crippen LogP contribution in [0.2, 0.25) is 0 Å². The molecule has 2 heteroatoms. The first-order chi connectivity index (χ1) is 9.78. The third-order valence-electron chi connectivity index (χ3n) is 3.79. The smallest absolute Gasteiger partial charge is 0.0207 e. The third kappa shape index (κ3) is 6.33. The van der Waals surface area contributed by atoms with Crippen molar-refractivity contribution in [3.8, 4) is 0 Å². The SMILES string of the molecule is CCc1ccc(CNC(C)CCc2ccccc2)cc1.Cl. The molecule has 1 unspecified atom stereocenters. The van der Waals surface area contributed by atoms with Crippen molar-refractivity contribution in [1.82, 2.24) is 5.32 Å². The molecule has 0 aromatic heterocycles. The van der Waals surface area contributed by atoms with Gasteiger partial charge in [0.2, 0.25) is 0 Å². The van der Waals surface area contributed by atoms with E-state index >= 15 is 0 Å². The Hall–Kier alpha value is -1.31. The van der Waals surface area contributed by atoms with Crippen LogP contribution in [0.25, 0.3) is 0 Å². The fourth-order valence-corrected chi connectivity index (χ4v) is 2.31. The maximum Gasteiger partial charge on any atom is 0.0207 e. The second-order valence-electron chi connectivity index (χ2n) is 5.48. The summed E-state index contributed by atoms with van der Waals surface area (Å²) >= 11 is 0. The Labute approximate surface area is 135 Å². The minimum atomic E-state index is 0.